The van der Waals surface area contributed by atoms with Crippen molar-refractivity contribution in [3.05, 3.63) is 18.3 Å². The minimum Gasteiger partial charge on any atom is -0.476 e. The number of rotatable bonds is 5. The summed E-state index contributed by atoms with van der Waals surface area (Å²) in [6.45, 7) is 4.29. The Balaban J connectivity index is 1.66. The third-order valence-corrected chi connectivity index (χ3v) is 2.86. The third-order valence-electron chi connectivity index (χ3n) is 2.86. The fraction of sp³-hybridized carbons (Fsp3) is 0.583. The lowest BCUT2D eigenvalue weighted by Gasteiger charge is -2.14. The van der Waals surface area contributed by atoms with Gasteiger partial charge in [0.15, 0.2) is 0 Å². The fourth-order valence-corrected chi connectivity index (χ4v) is 1.99. The van der Waals surface area contributed by atoms with Gasteiger partial charge in [0.1, 0.15) is 0 Å². The number of nitrogen functional groups attached to an aromatic ring is 1. The van der Waals surface area contributed by atoms with Crippen LogP contribution in [0, 0.1) is 0 Å². The smallest absolute Gasteiger partial charge is 0.237 e. The van der Waals surface area contributed by atoms with E-state index >= 15 is 0 Å². The van der Waals surface area contributed by atoms with Crippen LogP contribution < -0.4 is 10.5 Å². The Morgan fingerprint density at radius 3 is 2.94 bits per heavy atom. The van der Waals surface area contributed by atoms with E-state index in [1.54, 1.807) is 6.20 Å². The molecule has 0 unspecified atom stereocenters. The molecule has 0 spiro atoms. The fourth-order valence-electron chi connectivity index (χ4n) is 1.99. The lowest BCUT2D eigenvalue weighted by molar-refractivity contribution is 0.258. The predicted octanol–water partition coefficient (Wildman–Crippen LogP) is 1.53. The first kappa shape index (κ1) is 11.2. The van der Waals surface area contributed by atoms with Crippen LogP contribution in [0.3, 0.4) is 0 Å². The Labute approximate surface area is 96.4 Å². The molecule has 2 rings (SSSR count). The van der Waals surface area contributed by atoms with Gasteiger partial charge in [-0.25, -0.2) is 4.98 Å². The second-order valence-corrected chi connectivity index (χ2v) is 4.15. The highest BCUT2D eigenvalue weighted by Crippen LogP contribution is 2.16. The maximum atomic E-state index is 5.73. The summed E-state index contributed by atoms with van der Waals surface area (Å²) in [7, 11) is 0. The van der Waals surface area contributed by atoms with Gasteiger partial charge in [0.2, 0.25) is 5.88 Å². The Bertz CT molecular complexity index is 324. The average molecular weight is 221 g/mol. The molecule has 1 fully saturated rings. The number of anilines is 1. The number of aromatic nitrogens is 1. The molecular weight excluding hydrogens is 202 g/mol. The van der Waals surface area contributed by atoms with Crippen molar-refractivity contribution in [3.63, 3.8) is 0 Å². The molecular formula is C12H19N3O. The molecule has 16 heavy (non-hydrogen) atoms. The summed E-state index contributed by atoms with van der Waals surface area (Å²) in [4.78, 5) is 6.56. The van der Waals surface area contributed by atoms with Gasteiger partial charge in [-0.2, -0.15) is 0 Å². The first-order valence-corrected chi connectivity index (χ1v) is 5.92. The second-order valence-electron chi connectivity index (χ2n) is 4.15. The van der Waals surface area contributed by atoms with Crippen molar-refractivity contribution in [1.29, 1.82) is 0 Å². The number of likely N-dealkylation sites (tertiary alicyclic amines) is 1. The molecule has 4 heteroatoms. The molecule has 4 nitrogen and oxygen atoms in total. The summed E-state index contributed by atoms with van der Waals surface area (Å²) in [5.41, 5.74) is 6.34. The van der Waals surface area contributed by atoms with Gasteiger partial charge in [0, 0.05) is 12.7 Å². The Morgan fingerprint density at radius 2 is 2.19 bits per heavy atom. The molecule has 1 aliphatic heterocycles. The molecule has 88 valence electrons. The molecule has 0 aromatic carbocycles. The van der Waals surface area contributed by atoms with Gasteiger partial charge in [-0.15, -0.1) is 0 Å². The van der Waals surface area contributed by atoms with Crippen molar-refractivity contribution >= 4 is 5.69 Å². The maximum absolute atomic E-state index is 5.73. The molecule has 0 atom stereocenters. The summed E-state index contributed by atoms with van der Waals surface area (Å²) in [6, 6.07) is 3.62. The molecule has 0 amide bonds. The number of nitrogens with two attached hydrogens (primary N) is 1. The normalized spacial score (nSPS) is 16.5. The van der Waals surface area contributed by atoms with E-state index in [0.29, 0.717) is 18.2 Å². The molecule has 1 aromatic heterocycles. The molecule has 2 N–H and O–H groups in total. The Kier molecular flexibility index (Phi) is 3.99. The summed E-state index contributed by atoms with van der Waals surface area (Å²) in [5.74, 6) is 0.559. The van der Waals surface area contributed by atoms with E-state index in [0.717, 1.165) is 13.0 Å². The highest BCUT2D eigenvalue weighted by molar-refractivity contribution is 5.46. The van der Waals surface area contributed by atoms with E-state index in [4.69, 9.17) is 10.5 Å². The average Bonchev–Trinajstić information content (AvgIpc) is 2.79. The molecule has 1 aromatic rings. The molecule has 0 radical (unpaired) electrons. The van der Waals surface area contributed by atoms with E-state index in [9.17, 15) is 0 Å². The van der Waals surface area contributed by atoms with Crippen molar-refractivity contribution in [1.82, 2.24) is 9.88 Å². The topological polar surface area (TPSA) is 51.4 Å². The van der Waals surface area contributed by atoms with E-state index in [-0.39, 0.29) is 0 Å². The lowest BCUT2D eigenvalue weighted by atomic mass is 10.4. The lowest BCUT2D eigenvalue weighted by Crippen LogP contribution is -2.22. The predicted molar refractivity (Wildman–Crippen MR) is 64.4 cm³/mol. The van der Waals surface area contributed by atoms with Crippen LogP contribution in [0.2, 0.25) is 0 Å². The highest BCUT2D eigenvalue weighted by atomic mass is 16.5. The Hall–Kier alpha value is -1.29. The molecule has 1 saturated heterocycles. The zero-order valence-corrected chi connectivity index (χ0v) is 9.56. The van der Waals surface area contributed by atoms with Crippen LogP contribution >= 0.6 is 0 Å². The summed E-state index contributed by atoms with van der Waals surface area (Å²) in [5, 5.41) is 0. The minimum atomic E-state index is 0.559. The molecule has 0 saturated carbocycles. The SMILES string of the molecule is Nc1cccnc1OCCCN1CCCC1. The van der Waals surface area contributed by atoms with Gasteiger partial charge >= 0.3 is 0 Å². The number of nitrogens with zero attached hydrogens (tertiary/aromatic N) is 2. The largest absolute Gasteiger partial charge is 0.476 e. The standard InChI is InChI=1S/C12H19N3O/c13-11-5-3-6-14-12(11)16-10-4-9-15-7-1-2-8-15/h3,5-6H,1-2,4,7-10,13H2. The van der Waals surface area contributed by atoms with Gasteiger partial charge < -0.3 is 15.4 Å². The summed E-state index contributed by atoms with van der Waals surface area (Å²) in [6.07, 6.45) is 5.42. The second kappa shape index (κ2) is 5.70. The summed E-state index contributed by atoms with van der Waals surface area (Å²) < 4.78 is 5.53. The first-order valence-electron chi connectivity index (χ1n) is 5.92. The minimum absolute atomic E-state index is 0.559. The zero-order chi connectivity index (χ0) is 11.2. The molecule has 0 bridgehead atoms. The van der Waals surface area contributed by atoms with E-state index in [1.807, 2.05) is 12.1 Å². The van der Waals surface area contributed by atoms with Gasteiger partial charge in [0.05, 0.1) is 12.3 Å². The van der Waals surface area contributed by atoms with Crippen LogP contribution in [0.15, 0.2) is 18.3 Å². The van der Waals surface area contributed by atoms with Gasteiger partial charge in [-0.3, -0.25) is 0 Å². The number of ether oxygens (including phenoxy) is 1. The monoisotopic (exact) mass is 221 g/mol. The quantitative estimate of drug-likeness (QED) is 0.766. The first-order chi connectivity index (χ1) is 7.86. The van der Waals surface area contributed by atoms with Crippen LogP contribution in [0.4, 0.5) is 5.69 Å². The third kappa shape index (κ3) is 3.10. The van der Waals surface area contributed by atoms with E-state index < -0.39 is 0 Å². The molecule has 1 aliphatic rings. The van der Waals surface area contributed by atoms with Gasteiger partial charge in [-0.05, 0) is 44.5 Å². The summed E-state index contributed by atoms with van der Waals surface area (Å²) >= 11 is 0. The van der Waals surface area contributed by atoms with Crippen molar-refractivity contribution in [2.45, 2.75) is 19.3 Å². The van der Waals surface area contributed by atoms with Crippen LogP contribution in [0.5, 0.6) is 5.88 Å². The van der Waals surface area contributed by atoms with Crippen LogP contribution in [-0.4, -0.2) is 36.1 Å². The van der Waals surface area contributed by atoms with Crippen LogP contribution in [0.1, 0.15) is 19.3 Å². The van der Waals surface area contributed by atoms with Gasteiger partial charge in [0.25, 0.3) is 0 Å². The van der Waals surface area contributed by atoms with E-state index in [2.05, 4.69) is 9.88 Å². The maximum Gasteiger partial charge on any atom is 0.237 e. The van der Waals surface area contributed by atoms with Crippen molar-refractivity contribution in [3.8, 4) is 5.88 Å². The Morgan fingerprint density at radius 1 is 1.38 bits per heavy atom. The highest BCUT2D eigenvalue weighted by Gasteiger charge is 2.10. The zero-order valence-electron chi connectivity index (χ0n) is 9.56. The van der Waals surface area contributed by atoms with Crippen molar-refractivity contribution in [2.75, 3.05) is 32.0 Å². The van der Waals surface area contributed by atoms with Crippen LogP contribution in [-0.2, 0) is 0 Å². The molecule has 2 heterocycles. The van der Waals surface area contributed by atoms with Crippen molar-refractivity contribution < 1.29 is 4.74 Å². The number of hydrogen-bond donors (Lipinski definition) is 1. The van der Waals surface area contributed by atoms with Gasteiger partial charge in [-0.1, -0.05) is 0 Å². The number of pyridine rings is 1. The van der Waals surface area contributed by atoms with Crippen molar-refractivity contribution in [2.24, 2.45) is 0 Å². The molecule has 0 aliphatic carbocycles. The number of hydrogen-bond acceptors (Lipinski definition) is 4. The van der Waals surface area contributed by atoms with E-state index in [1.165, 1.54) is 25.9 Å². The van der Waals surface area contributed by atoms with Crippen LogP contribution in [0.25, 0.3) is 0 Å².